The van der Waals surface area contributed by atoms with E-state index >= 15 is 0 Å². The molecule has 0 saturated carbocycles. The largest absolute Gasteiger partial charge is 0.493 e. The molecule has 0 radical (unpaired) electrons. The predicted octanol–water partition coefficient (Wildman–Crippen LogP) is 3.41. The number of ether oxygens (including phenoxy) is 4. The van der Waals surface area contributed by atoms with E-state index in [9.17, 15) is 4.79 Å². The van der Waals surface area contributed by atoms with E-state index in [1.807, 2.05) is 6.07 Å². The van der Waals surface area contributed by atoms with Crippen LogP contribution in [0.4, 0.5) is 0 Å². The van der Waals surface area contributed by atoms with Gasteiger partial charge >= 0.3 is 0 Å². The molecular formula is C25H29N2O5+. The minimum absolute atomic E-state index is 0.227. The smallest absolute Gasteiger partial charge is 0.231 e. The van der Waals surface area contributed by atoms with Gasteiger partial charge in [0.2, 0.25) is 12.5 Å². The average molecular weight is 438 g/mol. The van der Waals surface area contributed by atoms with Gasteiger partial charge in [-0.25, -0.2) is 0 Å². The molecular weight excluding hydrogens is 408 g/mol. The van der Waals surface area contributed by atoms with E-state index in [-0.39, 0.29) is 5.78 Å². The Kier molecular flexibility index (Phi) is 6.46. The lowest BCUT2D eigenvalue weighted by Crippen LogP contribution is -2.40. The standard InChI is InChI=1S/C20H18NO4.C5H11NO/c1-22-17-4-3-12-7-16-14-9-19-18(24-11-25-19)8-13(14)5-6-21(16)10-15(12)20(17)23-2;1-5(7)3-2-4-6/h3-4,7-10H,5-6,11H2,1-2H3;2-4,6H2,1H3/q+1;. The van der Waals surface area contributed by atoms with Gasteiger partial charge in [-0.05, 0) is 55.1 Å². The maximum atomic E-state index is 10.1. The number of aromatic nitrogens is 1. The van der Waals surface area contributed by atoms with Gasteiger partial charge in [-0.15, -0.1) is 0 Å². The van der Waals surface area contributed by atoms with Crippen molar-refractivity contribution in [3.8, 4) is 34.3 Å². The van der Waals surface area contributed by atoms with Crippen LogP contribution in [0.15, 0.2) is 36.5 Å². The van der Waals surface area contributed by atoms with E-state index < -0.39 is 0 Å². The summed E-state index contributed by atoms with van der Waals surface area (Å²) in [5, 5.41) is 2.17. The third-order valence-corrected chi connectivity index (χ3v) is 5.73. The number of benzene rings is 2. The number of Topliss-reactive ketones (excluding diaryl/α,β-unsaturated/α-hetero) is 1. The summed E-state index contributed by atoms with van der Waals surface area (Å²) in [6.45, 7) is 3.42. The summed E-state index contributed by atoms with van der Waals surface area (Å²) in [4.78, 5) is 10.1. The van der Waals surface area contributed by atoms with Crippen LogP contribution in [0.1, 0.15) is 25.3 Å². The molecule has 168 valence electrons. The first-order chi connectivity index (χ1) is 15.5. The highest BCUT2D eigenvalue weighted by molar-refractivity contribution is 5.91. The van der Waals surface area contributed by atoms with Gasteiger partial charge in [0.1, 0.15) is 5.78 Å². The quantitative estimate of drug-likeness (QED) is 0.616. The van der Waals surface area contributed by atoms with Crippen molar-refractivity contribution in [3.05, 3.63) is 42.1 Å². The van der Waals surface area contributed by atoms with Gasteiger partial charge in [0.05, 0.1) is 25.2 Å². The number of hydrogen-bond donors (Lipinski definition) is 1. The Balaban J connectivity index is 0.000000307. The van der Waals surface area contributed by atoms with Crippen molar-refractivity contribution >= 4 is 16.6 Å². The number of carbonyl (C=O) groups excluding carboxylic acids is 1. The molecule has 7 heteroatoms. The van der Waals surface area contributed by atoms with Crippen molar-refractivity contribution in [2.75, 3.05) is 27.6 Å². The van der Waals surface area contributed by atoms with Crippen LogP contribution < -0.4 is 29.2 Å². The zero-order valence-electron chi connectivity index (χ0n) is 18.8. The van der Waals surface area contributed by atoms with Crippen molar-refractivity contribution in [1.29, 1.82) is 0 Å². The van der Waals surface area contributed by atoms with Crippen molar-refractivity contribution in [2.24, 2.45) is 5.73 Å². The molecule has 2 N–H and O–H groups in total. The summed E-state index contributed by atoms with van der Waals surface area (Å²) in [7, 11) is 3.34. The van der Waals surface area contributed by atoms with Crippen LogP contribution in [-0.4, -0.2) is 33.3 Å². The summed E-state index contributed by atoms with van der Waals surface area (Å²) in [5.74, 6) is 3.41. The van der Waals surface area contributed by atoms with E-state index in [1.165, 1.54) is 16.8 Å². The lowest BCUT2D eigenvalue weighted by molar-refractivity contribution is -0.686. The second-order valence-corrected chi connectivity index (χ2v) is 7.86. The number of nitrogens with zero attached hydrogens (tertiary/aromatic N) is 1. The van der Waals surface area contributed by atoms with E-state index in [0.717, 1.165) is 53.2 Å². The first-order valence-electron chi connectivity index (χ1n) is 10.8. The van der Waals surface area contributed by atoms with Gasteiger partial charge in [-0.3, -0.25) is 0 Å². The Morgan fingerprint density at radius 2 is 1.91 bits per heavy atom. The number of methoxy groups -OCH3 is 2. The van der Waals surface area contributed by atoms with Crippen LogP contribution >= 0.6 is 0 Å². The summed E-state index contributed by atoms with van der Waals surface area (Å²) in [6.07, 6.45) is 4.58. The maximum absolute atomic E-state index is 10.1. The lowest BCUT2D eigenvalue weighted by Gasteiger charge is -2.17. The van der Waals surface area contributed by atoms with Crippen molar-refractivity contribution in [3.63, 3.8) is 0 Å². The van der Waals surface area contributed by atoms with Gasteiger partial charge < -0.3 is 29.5 Å². The number of pyridine rings is 1. The molecule has 0 aliphatic carbocycles. The molecule has 0 unspecified atom stereocenters. The second kappa shape index (κ2) is 9.44. The van der Waals surface area contributed by atoms with Crippen molar-refractivity contribution in [2.45, 2.75) is 32.7 Å². The highest BCUT2D eigenvalue weighted by Crippen LogP contribution is 2.41. The molecule has 5 rings (SSSR count). The normalized spacial score (nSPS) is 13.0. The highest BCUT2D eigenvalue weighted by atomic mass is 16.7. The Hall–Kier alpha value is -3.32. The molecule has 2 aliphatic rings. The number of hydrogen-bond acceptors (Lipinski definition) is 6. The molecule has 0 fully saturated rings. The fourth-order valence-electron chi connectivity index (χ4n) is 4.12. The minimum Gasteiger partial charge on any atom is -0.493 e. The molecule has 1 aromatic heterocycles. The zero-order chi connectivity index (χ0) is 22.7. The molecule has 0 amide bonds. The maximum Gasteiger partial charge on any atom is 0.231 e. The molecule has 0 bridgehead atoms. The molecule has 7 nitrogen and oxygen atoms in total. The Bertz CT molecular complexity index is 1160. The van der Waals surface area contributed by atoms with E-state index in [1.54, 1.807) is 21.1 Å². The molecule has 32 heavy (non-hydrogen) atoms. The average Bonchev–Trinajstić information content (AvgIpc) is 3.27. The SMILES string of the molecule is CC(=O)CCCN.COc1ccc2cc3[n+](cc2c1OC)CCc1cc2c(cc1-3)OCO2. The fraction of sp³-hybridized carbons (Fsp3) is 0.360. The van der Waals surface area contributed by atoms with Gasteiger partial charge in [-0.2, -0.15) is 4.57 Å². The third-order valence-electron chi connectivity index (χ3n) is 5.73. The Labute approximate surface area is 187 Å². The summed E-state index contributed by atoms with van der Waals surface area (Å²) >= 11 is 0. The van der Waals surface area contributed by atoms with E-state index in [2.05, 4.69) is 35.0 Å². The van der Waals surface area contributed by atoms with Crippen LogP contribution in [0.3, 0.4) is 0 Å². The molecule has 2 aromatic carbocycles. The first kappa shape index (κ1) is 21.9. The van der Waals surface area contributed by atoms with Crippen molar-refractivity contribution < 1.29 is 28.3 Å². The lowest BCUT2D eigenvalue weighted by atomic mass is 9.95. The molecule has 2 aliphatic heterocycles. The van der Waals surface area contributed by atoms with Crippen molar-refractivity contribution in [1.82, 2.24) is 0 Å². The molecule has 0 spiro atoms. The highest BCUT2D eigenvalue weighted by Gasteiger charge is 2.28. The molecule has 0 atom stereocenters. The number of carbonyl (C=O) groups is 1. The van der Waals surface area contributed by atoms with Gasteiger partial charge in [0, 0.05) is 18.9 Å². The van der Waals surface area contributed by atoms with Gasteiger partial charge in [0.25, 0.3) is 0 Å². The van der Waals surface area contributed by atoms with Crippen LogP contribution in [0, 0.1) is 0 Å². The zero-order valence-corrected chi connectivity index (χ0v) is 18.8. The van der Waals surface area contributed by atoms with Gasteiger partial charge in [-0.1, -0.05) is 0 Å². The third kappa shape index (κ3) is 4.21. The first-order valence-corrected chi connectivity index (χ1v) is 10.8. The number of nitrogens with two attached hydrogens (primary N) is 1. The molecule has 3 aromatic rings. The number of aryl methyl sites for hydroxylation is 2. The minimum atomic E-state index is 0.227. The number of fused-ring (bicyclic) bond motifs is 5. The molecule has 0 saturated heterocycles. The van der Waals surface area contributed by atoms with E-state index in [0.29, 0.717) is 19.8 Å². The van der Waals surface area contributed by atoms with E-state index in [4.69, 9.17) is 24.7 Å². The topological polar surface area (TPSA) is 83.9 Å². The monoisotopic (exact) mass is 437 g/mol. The number of ketones is 1. The number of rotatable bonds is 5. The van der Waals surface area contributed by atoms with Crippen LogP contribution in [0.2, 0.25) is 0 Å². The van der Waals surface area contributed by atoms with Crippen LogP contribution in [0.25, 0.3) is 22.0 Å². The predicted molar refractivity (Wildman–Crippen MR) is 121 cm³/mol. The summed E-state index contributed by atoms with van der Waals surface area (Å²) in [5.41, 5.74) is 8.80. The Morgan fingerprint density at radius 3 is 2.56 bits per heavy atom. The van der Waals surface area contributed by atoms with Gasteiger partial charge in [0.15, 0.2) is 35.7 Å². The van der Waals surface area contributed by atoms with Crippen LogP contribution in [0.5, 0.6) is 23.0 Å². The molecule has 3 heterocycles. The summed E-state index contributed by atoms with van der Waals surface area (Å²) in [6, 6.07) is 10.4. The Morgan fingerprint density at radius 1 is 1.12 bits per heavy atom. The fourth-order valence-corrected chi connectivity index (χ4v) is 4.12. The summed E-state index contributed by atoms with van der Waals surface area (Å²) < 4.78 is 24.4. The van der Waals surface area contributed by atoms with Crippen LogP contribution in [-0.2, 0) is 17.8 Å². The second-order valence-electron chi connectivity index (χ2n) is 7.86.